The predicted octanol–water partition coefficient (Wildman–Crippen LogP) is 4.64. The lowest BCUT2D eigenvalue weighted by Crippen LogP contribution is -2.20. The minimum Gasteiger partial charge on any atom is -0.426 e. The molecule has 0 aliphatic carbocycles. The minimum absolute atomic E-state index is 0.0617. The highest BCUT2D eigenvalue weighted by atomic mass is 16.5. The Morgan fingerprint density at radius 2 is 1.89 bits per heavy atom. The van der Waals surface area contributed by atoms with Crippen LogP contribution < -0.4 is 10.3 Å². The fraction of sp³-hybridized carbons (Fsp3) is 0.348. The normalized spacial score (nSPS) is 12.1. The third-order valence-electron chi connectivity index (χ3n) is 5.00. The van der Waals surface area contributed by atoms with Gasteiger partial charge in [-0.25, -0.2) is 5.10 Å². The van der Waals surface area contributed by atoms with Gasteiger partial charge in [0.1, 0.15) is 5.75 Å². The maximum Gasteiger partial charge on any atom is 0.314 e. The van der Waals surface area contributed by atoms with Gasteiger partial charge in [-0.3, -0.25) is 9.59 Å². The molecule has 0 amide bonds. The Hall–Kier alpha value is -2.95. The van der Waals surface area contributed by atoms with E-state index in [9.17, 15) is 9.59 Å². The largest absolute Gasteiger partial charge is 0.426 e. The highest BCUT2D eigenvalue weighted by molar-refractivity contribution is 5.83. The Morgan fingerprint density at radius 1 is 1.11 bits per heavy atom. The van der Waals surface area contributed by atoms with Crippen molar-refractivity contribution < 1.29 is 9.53 Å². The number of hydrogen-bond donors (Lipinski definition) is 1. The van der Waals surface area contributed by atoms with Crippen molar-refractivity contribution in [3.8, 4) is 5.75 Å². The second kappa shape index (κ2) is 9.31. The molecule has 2 aromatic carbocycles. The summed E-state index contributed by atoms with van der Waals surface area (Å²) < 4.78 is 5.63. The molecule has 0 aliphatic heterocycles. The first-order chi connectivity index (χ1) is 13.6. The molecule has 1 aromatic heterocycles. The van der Waals surface area contributed by atoms with Gasteiger partial charge in [0.05, 0.1) is 17.0 Å². The van der Waals surface area contributed by atoms with Crippen LogP contribution in [0.25, 0.3) is 10.8 Å². The molecule has 0 radical (unpaired) electrons. The zero-order chi connectivity index (χ0) is 19.9. The van der Waals surface area contributed by atoms with Crippen LogP contribution in [0, 0.1) is 5.92 Å². The van der Waals surface area contributed by atoms with Gasteiger partial charge in [0, 0.05) is 11.8 Å². The van der Waals surface area contributed by atoms with Crippen molar-refractivity contribution in [3.05, 3.63) is 70.1 Å². The summed E-state index contributed by atoms with van der Waals surface area (Å²) in [5.41, 5.74) is 1.56. The summed E-state index contributed by atoms with van der Waals surface area (Å²) in [5, 5.41) is 8.24. The number of H-pyrrole nitrogens is 1. The third kappa shape index (κ3) is 4.66. The van der Waals surface area contributed by atoms with Crippen LogP contribution in [0.3, 0.4) is 0 Å². The lowest BCUT2D eigenvalue weighted by atomic mass is 10.00. The van der Waals surface area contributed by atoms with Crippen molar-refractivity contribution in [2.45, 2.75) is 46.0 Å². The van der Waals surface area contributed by atoms with Crippen molar-refractivity contribution >= 4 is 16.7 Å². The van der Waals surface area contributed by atoms with Crippen molar-refractivity contribution in [3.63, 3.8) is 0 Å². The van der Waals surface area contributed by atoms with E-state index in [0.717, 1.165) is 42.3 Å². The number of hydrogen-bond acceptors (Lipinski definition) is 4. The molecule has 1 N–H and O–H groups in total. The first-order valence-corrected chi connectivity index (χ1v) is 9.89. The molecule has 0 aliphatic rings. The topological polar surface area (TPSA) is 72.0 Å². The Kier molecular flexibility index (Phi) is 6.58. The molecule has 146 valence electrons. The number of unbranched alkanes of at least 4 members (excludes halogenated alkanes) is 1. The number of carbonyl (C=O) groups is 1. The number of nitrogens with zero attached hydrogens (tertiary/aromatic N) is 1. The van der Waals surface area contributed by atoms with Gasteiger partial charge in [0.15, 0.2) is 0 Å². The lowest BCUT2D eigenvalue weighted by Gasteiger charge is -2.14. The van der Waals surface area contributed by atoms with E-state index in [-0.39, 0.29) is 17.4 Å². The number of aromatic amines is 1. The van der Waals surface area contributed by atoms with Gasteiger partial charge in [-0.05, 0) is 36.6 Å². The standard InChI is InChI=1S/C23H26N2O3/c1-3-5-10-17(4-2)23(27)28-18-11-8-9-16(14-18)15-21-19-12-6-7-13-20(19)22(26)25-24-21/h6-9,11-14,17H,3-5,10,15H2,1-2H3,(H,25,26). The fourth-order valence-electron chi connectivity index (χ4n) is 3.36. The van der Waals surface area contributed by atoms with E-state index < -0.39 is 0 Å². The molecule has 3 aromatic rings. The Morgan fingerprint density at radius 3 is 2.64 bits per heavy atom. The Balaban J connectivity index is 1.78. The van der Waals surface area contributed by atoms with Crippen LogP contribution in [0.1, 0.15) is 50.8 Å². The monoisotopic (exact) mass is 378 g/mol. The number of rotatable bonds is 8. The zero-order valence-corrected chi connectivity index (χ0v) is 16.4. The Bertz CT molecular complexity index is 1010. The Labute approximate surface area is 164 Å². The van der Waals surface area contributed by atoms with Gasteiger partial charge in [0.25, 0.3) is 5.56 Å². The molecule has 28 heavy (non-hydrogen) atoms. The number of esters is 1. The first-order valence-electron chi connectivity index (χ1n) is 9.89. The SMILES string of the molecule is CCCCC(CC)C(=O)Oc1cccc(Cc2n[nH]c(=O)c3ccccc23)c1. The molecular weight excluding hydrogens is 352 g/mol. The molecule has 0 spiro atoms. The highest BCUT2D eigenvalue weighted by Crippen LogP contribution is 2.22. The maximum absolute atomic E-state index is 12.5. The van der Waals surface area contributed by atoms with E-state index in [1.807, 2.05) is 43.3 Å². The molecule has 0 saturated carbocycles. The van der Waals surface area contributed by atoms with E-state index in [4.69, 9.17) is 4.74 Å². The average molecular weight is 378 g/mol. The smallest absolute Gasteiger partial charge is 0.314 e. The molecule has 0 saturated heterocycles. The van der Waals surface area contributed by atoms with E-state index in [0.29, 0.717) is 17.6 Å². The van der Waals surface area contributed by atoms with Gasteiger partial charge < -0.3 is 4.74 Å². The molecule has 1 atom stereocenters. The van der Waals surface area contributed by atoms with Crippen molar-refractivity contribution in [1.29, 1.82) is 0 Å². The van der Waals surface area contributed by atoms with E-state index in [2.05, 4.69) is 17.1 Å². The van der Waals surface area contributed by atoms with E-state index in [1.54, 1.807) is 12.1 Å². The number of benzene rings is 2. The molecule has 0 fully saturated rings. The summed E-state index contributed by atoms with van der Waals surface area (Å²) in [4.78, 5) is 24.4. The first kappa shape index (κ1) is 19.8. The second-order valence-corrected chi connectivity index (χ2v) is 7.04. The molecule has 0 bridgehead atoms. The van der Waals surface area contributed by atoms with Crippen molar-refractivity contribution in [2.24, 2.45) is 5.92 Å². The molecule has 1 unspecified atom stereocenters. The van der Waals surface area contributed by atoms with E-state index >= 15 is 0 Å². The van der Waals surface area contributed by atoms with Crippen LogP contribution in [0.15, 0.2) is 53.3 Å². The highest BCUT2D eigenvalue weighted by Gasteiger charge is 2.18. The third-order valence-corrected chi connectivity index (χ3v) is 5.00. The van der Waals surface area contributed by atoms with Gasteiger partial charge in [-0.1, -0.05) is 57.0 Å². The molecular formula is C23H26N2O3. The summed E-state index contributed by atoms with van der Waals surface area (Å²) >= 11 is 0. The molecule has 1 heterocycles. The van der Waals surface area contributed by atoms with Gasteiger partial charge in [-0.15, -0.1) is 0 Å². The van der Waals surface area contributed by atoms with E-state index in [1.165, 1.54) is 0 Å². The molecule has 5 nitrogen and oxygen atoms in total. The predicted molar refractivity (Wildman–Crippen MR) is 111 cm³/mol. The van der Waals surface area contributed by atoms with Crippen LogP contribution in [-0.2, 0) is 11.2 Å². The zero-order valence-electron chi connectivity index (χ0n) is 16.4. The maximum atomic E-state index is 12.5. The van der Waals surface area contributed by atoms with Crippen LogP contribution >= 0.6 is 0 Å². The molecule has 3 rings (SSSR count). The number of carbonyl (C=O) groups excluding carboxylic acids is 1. The number of nitrogens with one attached hydrogen (secondary N) is 1. The lowest BCUT2D eigenvalue weighted by molar-refractivity contribution is -0.139. The van der Waals surface area contributed by atoms with Crippen molar-refractivity contribution in [1.82, 2.24) is 10.2 Å². The average Bonchev–Trinajstić information content (AvgIpc) is 2.71. The molecule has 5 heteroatoms. The summed E-state index contributed by atoms with van der Waals surface area (Å²) in [6, 6.07) is 14.9. The van der Waals surface area contributed by atoms with Crippen molar-refractivity contribution in [2.75, 3.05) is 0 Å². The van der Waals surface area contributed by atoms with Gasteiger partial charge in [0.2, 0.25) is 0 Å². The van der Waals surface area contributed by atoms with Gasteiger partial charge >= 0.3 is 5.97 Å². The summed E-state index contributed by atoms with van der Waals surface area (Å²) in [7, 11) is 0. The fourth-order valence-corrected chi connectivity index (χ4v) is 3.36. The van der Waals surface area contributed by atoms with Crippen LogP contribution in [-0.4, -0.2) is 16.2 Å². The minimum atomic E-state index is -0.195. The quantitative estimate of drug-likeness (QED) is 0.458. The second-order valence-electron chi connectivity index (χ2n) is 7.04. The van der Waals surface area contributed by atoms with Crippen LogP contribution in [0.2, 0.25) is 0 Å². The summed E-state index contributed by atoms with van der Waals surface area (Å²) in [6.45, 7) is 4.14. The van der Waals surface area contributed by atoms with Crippen LogP contribution in [0.4, 0.5) is 0 Å². The summed E-state index contributed by atoms with van der Waals surface area (Å²) in [6.07, 6.45) is 4.28. The number of fused-ring (bicyclic) bond motifs is 1. The summed E-state index contributed by atoms with van der Waals surface area (Å²) in [5.74, 6) is 0.320. The van der Waals surface area contributed by atoms with Crippen LogP contribution in [0.5, 0.6) is 5.75 Å². The number of aromatic nitrogens is 2. The number of ether oxygens (including phenoxy) is 1. The van der Waals surface area contributed by atoms with Gasteiger partial charge in [-0.2, -0.15) is 5.10 Å².